The van der Waals surface area contributed by atoms with Crippen molar-refractivity contribution >= 4 is 23.3 Å². The Labute approximate surface area is 147 Å². The van der Waals surface area contributed by atoms with Crippen LogP contribution < -0.4 is 5.32 Å². The molecule has 1 aromatic heterocycles. The van der Waals surface area contributed by atoms with E-state index in [1.807, 2.05) is 47.6 Å². The fourth-order valence-corrected chi connectivity index (χ4v) is 2.38. The average Bonchev–Trinajstić information content (AvgIpc) is 2.85. The molecule has 2 aromatic rings. The van der Waals surface area contributed by atoms with Gasteiger partial charge in [-0.1, -0.05) is 32.4 Å². The summed E-state index contributed by atoms with van der Waals surface area (Å²) in [5.41, 5.74) is 0.247. The lowest BCUT2D eigenvalue weighted by Crippen LogP contribution is -2.27. The van der Waals surface area contributed by atoms with Gasteiger partial charge in [0.1, 0.15) is 11.6 Å². The number of hydrogen-bond acceptors (Lipinski definition) is 2. The molecule has 0 aliphatic rings. The summed E-state index contributed by atoms with van der Waals surface area (Å²) in [7, 11) is 0. The van der Waals surface area contributed by atoms with Gasteiger partial charge in [-0.25, -0.2) is 9.07 Å². The number of nitrogens with one attached hydrogen (secondary N) is 1. The molecule has 0 unspecified atom stereocenters. The maximum absolute atomic E-state index is 13.9. The van der Waals surface area contributed by atoms with Crippen molar-refractivity contribution in [3.05, 3.63) is 46.4 Å². The molecule has 0 aliphatic heterocycles. The Hall–Kier alpha value is -1.88. The molecule has 4 nitrogen and oxygen atoms in total. The van der Waals surface area contributed by atoms with E-state index in [1.54, 1.807) is 4.68 Å². The van der Waals surface area contributed by atoms with Crippen LogP contribution in [-0.4, -0.2) is 15.7 Å². The molecule has 0 aliphatic carbocycles. The van der Waals surface area contributed by atoms with E-state index in [9.17, 15) is 9.18 Å². The molecule has 2 rings (SSSR count). The highest BCUT2D eigenvalue weighted by Gasteiger charge is 2.26. The number of amides is 1. The summed E-state index contributed by atoms with van der Waals surface area (Å²) < 4.78 is 15.7. The van der Waals surface area contributed by atoms with Crippen LogP contribution in [-0.2, 0) is 11.0 Å². The van der Waals surface area contributed by atoms with E-state index in [-0.39, 0.29) is 16.5 Å². The summed E-state index contributed by atoms with van der Waals surface area (Å²) in [5, 5.41) is 7.69. The molecule has 1 heterocycles. The summed E-state index contributed by atoms with van der Waals surface area (Å²) in [6.07, 6.45) is 0. The van der Waals surface area contributed by atoms with Crippen molar-refractivity contribution in [3.8, 4) is 0 Å². The molecule has 0 spiro atoms. The summed E-state index contributed by atoms with van der Waals surface area (Å²) >= 11 is 5.87. The highest BCUT2D eigenvalue weighted by molar-refractivity contribution is 6.31. The first-order valence-corrected chi connectivity index (χ1v) is 8.15. The maximum Gasteiger partial charge on any atom is 0.259 e. The van der Waals surface area contributed by atoms with Crippen LogP contribution in [0.5, 0.6) is 0 Å². The van der Waals surface area contributed by atoms with Crippen LogP contribution in [0, 0.1) is 5.82 Å². The van der Waals surface area contributed by atoms with Gasteiger partial charge in [0, 0.05) is 16.5 Å². The second-order valence-electron chi connectivity index (χ2n) is 7.83. The first-order valence-electron chi connectivity index (χ1n) is 7.77. The monoisotopic (exact) mass is 351 g/mol. The van der Waals surface area contributed by atoms with Crippen LogP contribution >= 0.6 is 11.6 Å². The summed E-state index contributed by atoms with van der Waals surface area (Å²) in [6.45, 7) is 12.1. The van der Waals surface area contributed by atoms with Gasteiger partial charge in [0.05, 0.1) is 16.8 Å². The van der Waals surface area contributed by atoms with E-state index < -0.39 is 11.7 Å². The second kappa shape index (κ2) is 6.20. The Morgan fingerprint density at radius 3 is 2.33 bits per heavy atom. The van der Waals surface area contributed by atoms with E-state index in [0.29, 0.717) is 10.8 Å². The fraction of sp³-hybridized carbons (Fsp3) is 0.444. The van der Waals surface area contributed by atoms with Crippen molar-refractivity contribution in [2.75, 3.05) is 5.32 Å². The smallest absolute Gasteiger partial charge is 0.259 e. The van der Waals surface area contributed by atoms with Crippen LogP contribution in [0.3, 0.4) is 0 Å². The third-order valence-corrected chi connectivity index (χ3v) is 3.76. The molecule has 0 saturated carbocycles. The van der Waals surface area contributed by atoms with Crippen molar-refractivity contribution in [1.29, 1.82) is 0 Å². The van der Waals surface area contributed by atoms with Crippen LogP contribution in [0.2, 0.25) is 5.02 Å². The van der Waals surface area contributed by atoms with Gasteiger partial charge in [-0.2, -0.15) is 5.10 Å². The van der Waals surface area contributed by atoms with Crippen LogP contribution in [0.1, 0.15) is 57.6 Å². The topological polar surface area (TPSA) is 46.9 Å². The Bertz CT molecular complexity index is 770. The number of carbonyl (C=O) groups excluding carboxylic acids is 1. The van der Waals surface area contributed by atoms with Gasteiger partial charge in [-0.3, -0.25) is 4.79 Å². The van der Waals surface area contributed by atoms with E-state index in [2.05, 4.69) is 10.4 Å². The van der Waals surface area contributed by atoms with Crippen LogP contribution in [0.15, 0.2) is 24.3 Å². The largest absolute Gasteiger partial charge is 0.307 e. The zero-order chi connectivity index (χ0) is 18.3. The number of rotatable bonds is 2. The summed E-state index contributed by atoms with van der Waals surface area (Å²) in [5.74, 6) is -0.646. The number of anilines is 1. The molecule has 1 amide bonds. The standard InChI is InChI=1S/C18H23ClFN3O/c1-17(2,3)14-10-15(23(22-14)18(4,5)6)21-16(24)12-9-11(19)7-8-13(12)20/h7-10H,1-6H3,(H,21,24). The number of aromatic nitrogens is 2. The Morgan fingerprint density at radius 2 is 1.79 bits per heavy atom. The quantitative estimate of drug-likeness (QED) is 0.829. The minimum absolute atomic E-state index is 0.0959. The lowest BCUT2D eigenvalue weighted by atomic mass is 9.92. The average molecular weight is 352 g/mol. The third kappa shape index (κ3) is 3.96. The SMILES string of the molecule is CC(C)(C)c1cc(NC(=O)c2cc(Cl)ccc2F)n(C(C)(C)C)n1. The molecule has 0 radical (unpaired) electrons. The minimum atomic E-state index is -0.616. The van der Waals surface area contributed by atoms with Gasteiger partial charge in [0.15, 0.2) is 0 Å². The van der Waals surface area contributed by atoms with Crippen molar-refractivity contribution < 1.29 is 9.18 Å². The van der Waals surface area contributed by atoms with Gasteiger partial charge >= 0.3 is 0 Å². The highest BCUT2D eigenvalue weighted by atomic mass is 35.5. The van der Waals surface area contributed by atoms with Crippen LogP contribution in [0.4, 0.5) is 10.2 Å². The van der Waals surface area contributed by atoms with Crippen molar-refractivity contribution in [2.24, 2.45) is 0 Å². The Kier molecular flexibility index (Phi) is 4.77. The van der Waals surface area contributed by atoms with Gasteiger partial charge in [-0.15, -0.1) is 0 Å². The predicted octanol–water partition coefficient (Wildman–Crippen LogP) is 4.98. The first-order chi connectivity index (χ1) is 10.9. The molecular formula is C18H23ClFN3O. The third-order valence-electron chi connectivity index (χ3n) is 3.53. The van der Waals surface area contributed by atoms with Crippen molar-refractivity contribution in [2.45, 2.75) is 52.5 Å². The van der Waals surface area contributed by atoms with E-state index >= 15 is 0 Å². The van der Waals surface area contributed by atoms with Crippen LogP contribution in [0.25, 0.3) is 0 Å². The van der Waals surface area contributed by atoms with Crippen molar-refractivity contribution in [3.63, 3.8) is 0 Å². The lowest BCUT2D eigenvalue weighted by molar-refractivity contribution is 0.102. The summed E-state index contributed by atoms with van der Waals surface area (Å²) in [6, 6.07) is 5.73. The predicted molar refractivity (Wildman–Crippen MR) is 95.3 cm³/mol. The number of halogens is 2. The first kappa shape index (κ1) is 18.5. The van der Waals surface area contributed by atoms with Gasteiger partial charge in [0.2, 0.25) is 0 Å². The van der Waals surface area contributed by atoms with E-state index in [1.165, 1.54) is 18.2 Å². The van der Waals surface area contributed by atoms with E-state index in [4.69, 9.17) is 11.6 Å². The summed E-state index contributed by atoms with van der Waals surface area (Å²) in [4.78, 5) is 12.5. The fourth-order valence-electron chi connectivity index (χ4n) is 2.20. The van der Waals surface area contributed by atoms with Gasteiger partial charge in [-0.05, 0) is 39.0 Å². The Morgan fingerprint density at radius 1 is 1.17 bits per heavy atom. The second-order valence-corrected chi connectivity index (χ2v) is 8.26. The normalized spacial score (nSPS) is 12.3. The Balaban J connectivity index is 2.43. The molecule has 0 atom stereocenters. The highest BCUT2D eigenvalue weighted by Crippen LogP contribution is 2.28. The maximum atomic E-state index is 13.9. The molecule has 24 heavy (non-hydrogen) atoms. The number of hydrogen-bond donors (Lipinski definition) is 1. The number of nitrogens with zero attached hydrogens (tertiary/aromatic N) is 2. The molecule has 0 bridgehead atoms. The molecule has 0 fully saturated rings. The molecular weight excluding hydrogens is 329 g/mol. The number of carbonyl (C=O) groups is 1. The molecule has 1 aromatic carbocycles. The lowest BCUT2D eigenvalue weighted by Gasteiger charge is -2.23. The zero-order valence-corrected chi connectivity index (χ0v) is 15.6. The van der Waals surface area contributed by atoms with E-state index in [0.717, 1.165) is 5.69 Å². The van der Waals surface area contributed by atoms with Gasteiger partial charge in [0.25, 0.3) is 5.91 Å². The minimum Gasteiger partial charge on any atom is -0.307 e. The molecule has 1 N–H and O–H groups in total. The number of benzene rings is 1. The molecule has 0 saturated heterocycles. The molecule has 130 valence electrons. The van der Waals surface area contributed by atoms with Gasteiger partial charge < -0.3 is 5.32 Å². The molecule has 6 heteroatoms. The zero-order valence-electron chi connectivity index (χ0n) is 14.9. The van der Waals surface area contributed by atoms with Crippen molar-refractivity contribution in [1.82, 2.24) is 9.78 Å².